The molecule has 1 heterocycles. The van der Waals surface area contributed by atoms with Crippen molar-refractivity contribution in [2.24, 2.45) is 11.8 Å². The molecule has 0 radical (unpaired) electrons. The van der Waals surface area contributed by atoms with Crippen LogP contribution >= 0.6 is 0 Å². The maximum Gasteiger partial charge on any atom is 0.0614 e. The second-order valence-corrected chi connectivity index (χ2v) is 3.43. The number of hydrogen-bond acceptors (Lipinski definition) is 2. The Hall–Kier alpha value is -0.0800. The van der Waals surface area contributed by atoms with E-state index in [1.165, 1.54) is 25.9 Å². The third-order valence-electron chi connectivity index (χ3n) is 2.99. The van der Waals surface area contributed by atoms with Crippen molar-refractivity contribution >= 4 is 0 Å². The molecule has 2 heteroatoms. The van der Waals surface area contributed by atoms with E-state index in [1.807, 2.05) is 7.11 Å². The minimum atomic E-state index is 0.556. The number of fused-ring (bicyclic) bond motifs is 1. The highest BCUT2D eigenvalue weighted by Gasteiger charge is 2.38. The van der Waals surface area contributed by atoms with E-state index in [0.29, 0.717) is 6.10 Å². The molecule has 0 aromatic rings. The van der Waals surface area contributed by atoms with E-state index in [2.05, 4.69) is 5.32 Å². The zero-order chi connectivity index (χ0) is 6.97. The lowest BCUT2D eigenvalue weighted by Crippen LogP contribution is -2.21. The molecule has 2 rings (SSSR count). The average Bonchev–Trinajstić information content (AvgIpc) is 2.44. The smallest absolute Gasteiger partial charge is 0.0614 e. The van der Waals surface area contributed by atoms with Crippen molar-refractivity contribution in [2.45, 2.75) is 18.9 Å². The first-order chi connectivity index (χ1) is 4.92. The monoisotopic (exact) mass is 141 g/mol. The van der Waals surface area contributed by atoms with Crippen LogP contribution in [0.3, 0.4) is 0 Å². The Kier molecular flexibility index (Phi) is 1.66. The van der Waals surface area contributed by atoms with Gasteiger partial charge in [-0.1, -0.05) is 0 Å². The van der Waals surface area contributed by atoms with Gasteiger partial charge in [0.2, 0.25) is 0 Å². The third-order valence-corrected chi connectivity index (χ3v) is 2.99. The normalized spacial score (nSPS) is 45.9. The molecule has 0 unspecified atom stereocenters. The molecule has 10 heavy (non-hydrogen) atoms. The van der Waals surface area contributed by atoms with E-state index in [4.69, 9.17) is 4.74 Å². The Morgan fingerprint density at radius 1 is 1.30 bits per heavy atom. The van der Waals surface area contributed by atoms with Gasteiger partial charge in [0.25, 0.3) is 0 Å². The van der Waals surface area contributed by atoms with E-state index in [-0.39, 0.29) is 0 Å². The quantitative estimate of drug-likeness (QED) is 0.578. The molecule has 1 aliphatic carbocycles. The van der Waals surface area contributed by atoms with E-state index in [0.717, 1.165) is 11.8 Å². The van der Waals surface area contributed by atoms with Crippen LogP contribution in [0.15, 0.2) is 0 Å². The summed E-state index contributed by atoms with van der Waals surface area (Å²) >= 11 is 0. The second kappa shape index (κ2) is 2.51. The third kappa shape index (κ3) is 0.867. The fraction of sp³-hybridized carbons (Fsp3) is 1.00. The molecule has 2 nitrogen and oxygen atoms in total. The van der Waals surface area contributed by atoms with Crippen molar-refractivity contribution in [1.82, 2.24) is 5.32 Å². The van der Waals surface area contributed by atoms with Gasteiger partial charge >= 0.3 is 0 Å². The van der Waals surface area contributed by atoms with Crippen molar-refractivity contribution in [2.75, 3.05) is 20.2 Å². The molecule has 2 fully saturated rings. The summed E-state index contributed by atoms with van der Waals surface area (Å²) in [5.74, 6) is 1.75. The van der Waals surface area contributed by atoms with Crippen molar-refractivity contribution in [3.8, 4) is 0 Å². The van der Waals surface area contributed by atoms with Crippen molar-refractivity contribution in [3.05, 3.63) is 0 Å². The molecule has 1 saturated heterocycles. The maximum atomic E-state index is 5.39. The second-order valence-electron chi connectivity index (χ2n) is 3.43. The highest BCUT2D eigenvalue weighted by Crippen LogP contribution is 2.35. The molecule has 1 saturated carbocycles. The predicted octanol–water partition coefficient (Wildman–Crippen LogP) is 0.631. The Morgan fingerprint density at radius 2 is 2.20 bits per heavy atom. The van der Waals surface area contributed by atoms with E-state index in [1.54, 1.807) is 0 Å². The summed E-state index contributed by atoms with van der Waals surface area (Å²) in [6.07, 6.45) is 3.21. The highest BCUT2D eigenvalue weighted by atomic mass is 16.5. The van der Waals surface area contributed by atoms with Gasteiger partial charge in [-0.3, -0.25) is 0 Å². The van der Waals surface area contributed by atoms with Crippen molar-refractivity contribution < 1.29 is 4.74 Å². The number of nitrogens with one attached hydrogen (secondary N) is 1. The summed E-state index contributed by atoms with van der Waals surface area (Å²) in [7, 11) is 1.84. The molecule has 0 amide bonds. The molecular formula is C8H15NO. The summed E-state index contributed by atoms with van der Waals surface area (Å²) in [6, 6.07) is 0. The van der Waals surface area contributed by atoms with Crippen LogP contribution in [0.1, 0.15) is 12.8 Å². The Morgan fingerprint density at radius 3 is 3.00 bits per heavy atom. The molecule has 0 aromatic carbocycles. The van der Waals surface area contributed by atoms with E-state index >= 15 is 0 Å². The summed E-state index contributed by atoms with van der Waals surface area (Å²) in [5, 5.41) is 3.41. The molecule has 1 aliphatic heterocycles. The van der Waals surface area contributed by atoms with Crippen LogP contribution in [0.5, 0.6) is 0 Å². The molecule has 0 aromatic heterocycles. The molecule has 58 valence electrons. The minimum Gasteiger partial charge on any atom is -0.381 e. The van der Waals surface area contributed by atoms with Gasteiger partial charge in [0.15, 0.2) is 0 Å². The van der Waals surface area contributed by atoms with Crippen LogP contribution in [0, 0.1) is 11.8 Å². The molecule has 0 spiro atoms. The number of methoxy groups -OCH3 is 1. The van der Waals surface area contributed by atoms with Crippen LogP contribution in [0.4, 0.5) is 0 Å². The first-order valence-electron chi connectivity index (χ1n) is 4.15. The Labute approximate surface area is 61.9 Å². The maximum absolute atomic E-state index is 5.39. The van der Waals surface area contributed by atoms with Crippen molar-refractivity contribution in [1.29, 1.82) is 0 Å². The number of ether oxygens (including phenoxy) is 1. The van der Waals surface area contributed by atoms with Gasteiger partial charge in [-0.25, -0.2) is 0 Å². The first-order valence-corrected chi connectivity index (χ1v) is 4.15. The van der Waals surface area contributed by atoms with E-state index in [9.17, 15) is 0 Å². The zero-order valence-electron chi connectivity index (χ0n) is 6.47. The van der Waals surface area contributed by atoms with Crippen LogP contribution < -0.4 is 5.32 Å². The molecule has 2 aliphatic rings. The topological polar surface area (TPSA) is 21.3 Å². The summed E-state index contributed by atoms with van der Waals surface area (Å²) < 4.78 is 5.39. The summed E-state index contributed by atoms with van der Waals surface area (Å²) in [4.78, 5) is 0. The number of rotatable bonds is 1. The van der Waals surface area contributed by atoms with Gasteiger partial charge in [-0.15, -0.1) is 0 Å². The van der Waals surface area contributed by atoms with Crippen molar-refractivity contribution in [3.63, 3.8) is 0 Å². The molecule has 0 bridgehead atoms. The largest absolute Gasteiger partial charge is 0.381 e. The number of hydrogen-bond donors (Lipinski definition) is 1. The minimum absolute atomic E-state index is 0.556. The molecule has 1 N–H and O–H groups in total. The Balaban J connectivity index is 2.01. The summed E-state index contributed by atoms with van der Waals surface area (Å²) in [6.45, 7) is 2.41. The Bertz CT molecular complexity index is 126. The van der Waals surface area contributed by atoms with E-state index < -0.39 is 0 Å². The van der Waals surface area contributed by atoms with Gasteiger partial charge in [0.05, 0.1) is 6.10 Å². The predicted molar refractivity (Wildman–Crippen MR) is 39.9 cm³/mol. The fourth-order valence-electron chi connectivity index (χ4n) is 2.39. The van der Waals surface area contributed by atoms with Gasteiger partial charge < -0.3 is 10.1 Å². The van der Waals surface area contributed by atoms with Gasteiger partial charge in [-0.05, 0) is 25.3 Å². The van der Waals surface area contributed by atoms with Crippen LogP contribution in [-0.2, 0) is 4.74 Å². The lowest BCUT2D eigenvalue weighted by atomic mass is 9.99. The highest BCUT2D eigenvalue weighted by molar-refractivity contribution is 4.92. The van der Waals surface area contributed by atoms with Crippen LogP contribution in [0.25, 0.3) is 0 Å². The molecule has 3 atom stereocenters. The average molecular weight is 141 g/mol. The standard InChI is InChI=1S/C8H15NO/c1-10-8-3-2-6-4-9-5-7(6)8/h6-9H,2-5H2,1H3/t6-,7-,8-/m0/s1. The fourth-order valence-corrected chi connectivity index (χ4v) is 2.39. The summed E-state index contributed by atoms with van der Waals surface area (Å²) in [5.41, 5.74) is 0. The van der Waals surface area contributed by atoms with Crippen LogP contribution in [-0.4, -0.2) is 26.3 Å². The lowest BCUT2D eigenvalue weighted by molar-refractivity contribution is 0.0715. The van der Waals surface area contributed by atoms with Gasteiger partial charge in [0, 0.05) is 19.6 Å². The first kappa shape index (κ1) is 6.62. The SMILES string of the molecule is CO[C@H]1CC[C@H]2CNC[C@@H]21. The van der Waals surface area contributed by atoms with Gasteiger partial charge in [0.1, 0.15) is 0 Å². The van der Waals surface area contributed by atoms with Crippen LogP contribution in [0.2, 0.25) is 0 Å². The molecular weight excluding hydrogens is 126 g/mol. The van der Waals surface area contributed by atoms with Gasteiger partial charge in [-0.2, -0.15) is 0 Å². The zero-order valence-corrected chi connectivity index (χ0v) is 6.47. The lowest BCUT2D eigenvalue weighted by Gasteiger charge is -2.14.